The molecule has 1 atom stereocenters. The zero-order valence-electron chi connectivity index (χ0n) is 7.85. The number of hydrogen-bond acceptors (Lipinski definition) is 1. The highest BCUT2D eigenvalue weighted by Gasteiger charge is 2.12. The van der Waals surface area contributed by atoms with Gasteiger partial charge in [0, 0.05) is 10.6 Å². The fourth-order valence-corrected chi connectivity index (χ4v) is 1.38. The Balaban J connectivity index is 3.03. The lowest BCUT2D eigenvalue weighted by molar-refractivity contribution is 0.574. The van der Waals surface area contributed by atoms with Gasteiger partial charge >= 0.3 is 0 Å². The van der Waals surface area contributed by atoms with Crippen LogP contribution in [0.2, 0.25) is 5.02 Å². The standard InChI is InChI=1S/C11H11ClFN/c1-3-11(14-4-2)9-7-8(12)5-6-10(9)13/h1,5-7,11,14H,4H2,2H3. The maximum Gasteiger partial charge on any atom is 0.129 e. The third-order valence-electron chi connectivity index (χ3n) is 1.84. The molecule has 1 aromatic carbocycles. The molecule has 1 rings (SSSR count). The predicted molar refractivity (Wildman–Crippen MR) is 56.7 cm³/mol. The number of halogens is 2. The Hall–Kier alpha value is -1.04. The lowest BCUT2D eigenvalue weighted by atomic mass is 10.1. The first kappa shape index (κ1) is 11.0. The molecule has 0 radical (unpaired) electrons. The van der Waals surface area contributed by atoms with Crippen LogP contribution in [0.15, 0.2) is 18.2 Å². The van der Waals surface area contributed by atoms with E-state index in [2.05, 4.69) is 11.2 Å². The first-order valence-corrected chi connectivity index (χ1v) is 4.71. The Morgan fingerprint density at radius 2 is 2.36 bits per heavy atom. The smallest absolute Gasteiger partial charge is 0.129 e. The second-order valence-electron chi connectivity index (χ2n) is 2.82. The summed E-state index contributed by atoms with van der Waals surface area (Å²) in [5, 5.41) is 3.47. The Bertz CT molecular complexity index is 357. The minimum absolute atomic E-state index is 0.335. The number of hydrogen-bond donors (Lipinski definition) is 1. The van der Waals surface area contributed by atoms with Crippen LogP contribution in [0.3, 0.4) is 0 Å². The molecule has 0 aromatic heterocycles. The van der Waals surface area contributed by atoms with Gasteiger partial charge in [-0.3, -0.25) is 0 Å². The van der Waals surface area contributed by atoms with Crippen LogP contribution in [0, 0.1) is 18.2 Å². The molecule has 1 nitrogen and oxygen atoms in total. The second kappa shape index (κ2) is 4.99. The van der Waals surface area contributed by atoms with Gasteiger partial charge in [0.15, 0.2) is 0 Å². The highest BCUT2D eigenvalue weighted by Crippen LogP contribution is 2.20. The Labute approximate surface area is 88.3 Å². The van der Waals surface area contributed by atoms with Crippen molar-refractivity contribution in [1.29, 1.82) is 0 Å². The van der Waals surface area contributed by atoms with Crippen LogP contribution < -0.4 is 5.32 Å². The topological polar surface area (TPSA) is 12.0 Å². The van der Waals surface area contributed by atoms with Gasteiger partial charge in [-0.1, -0.05) is 24.4 Å². The van der Waals surface area contributed by atoms with Crippen LogP contribution in [-0.2, 0) is 0 Å². The average Bonchev–Trinajstić information content (AvgIpc) is 2.18. The third-order valence-corrected chi connectivity index (χ3v) is 2.08. The Kier molecular flexibility index (Phi) is 3.94. The van der Waals surface area contributed by atoms with Crippen LogP contribution in [0.4, 0.5) is 4.39 Å². The van der Waals surface area contributed by atoms with E-state index >= 15 is 0 Å². The van der Waals surface area contributed by atoms with E-state index < -0.39 is 6.04 Å². The predicted octanol–water partition coefficient (Wildman–Crippen LogP) is 2.76. The molecule has 3 heteroatoms. The molecule has 0 fully saturated rings. The van der Waals surface area contributed by atoms with Crippen LogP contribution >= 0.6 is 11.6 Å². The van der Waals surface area contributed by atoms with Gasteiger partial charge in [0.2, 0.25) is 0 Å². The summed E-state index contributed by atoms with van der Waals surface area (Å²) in [5.74, 6) is 2.14. The first-order valence-electron chi connectivity index (χ1n) is 4.33. The third kappa shape index (κ3) is 2.47. The summed E-state index contributed by atoms with van der Waals surface area (Å²) in [6.45, 7) is 2.59. The number of nitrogens with one attached hydrogen (secondary N) is 1. The van der Waals surface area contributed by atoms with Gasteiger partial charge in [-0.05, 0) is 24.7 Å². The molecule has 0 amide bonds. The van der Waals surface area contributed by atoms with Crippen molar-refractivity contribution in [1.82, 2.24) is 5.32 Å². The molecule has 1 unspecified atom stereocenters. The van der Waals surface area contributed by atoms with E-state index in [1.165, 1.54) is 12.1 Å². The van der Waals surface area contributed by atoms with Gasteiger partial charge in [0.05, 0.1) is 6.04 Å². The van der Waals surface area contributed by atoms with Gasteiger partial charge in [0.1, 0.15) is 5.82 Å². The highest BCUT2D eigenvalue weighted by atomic mass is 35.5. The monoisotopic (exact) mass is 211 g/mol. The van der Waals surface area contributed by atoms with Gasteiger partial charge < -0.3 is 5.32 Å². The number of benzene rings is 1. The maximum absolute atomic E-state index is 13.3. The quantitative estimate of drug-likeness (QED) is 0.759. The largest absolute Gasteiger partial charge is 0.300 e. The molecule has 0 aliphatic heterocycles. The molecule has 74 valence electrons. The summed E-state index contributed by atoms with van der Waals surface area (Å²) in [6.07, 6.45) is 5.29. The Morgan fingerprint density at radius 1 is 1.64 bits per heavy atom. The lowest BCUT2D eigenvalue weighted by Gasteiger charge is -2.12. The van der Waals surface area contributed by atoms with Crippen molar-refractivity contribution in [3.8, 4) is 12.3 Å². The average molecular weight is 212 g/mol. The van der Waals surface area contributed by atoms with E-state index in [1.54, 1.807) is 6.07 Å². The van der Waals surface area contributed by atoms with Crippen molar-refractivity contribution < 1.29 is 4.39 Å². The van der Waals surface area contributed by atoms with Gasteiger partial charge in [-0.15, -0.1) is 6.42 Å². The molecule has 0 saturated carbocycles. The molecule has 0 heterocycles. The molecule has 1 aromatic rings. The summed E-state index contributed by atoms with van der Waals surface area (Å²) in [4.78, 5) is 0. The van der Waals surface area contributed by atoms with Crippen molar-refractivity contribution in [3.05, 3.63) is 34.6 Å². The molecule has 0 aliphatic rings. The van der Waals surface area contributed by atoms with E-state index in [0.29, 0.717) is 17.1 Å². The SMILES string of the molecule is C#CC(NCC)c1cc(Cl)ccc1F. The second-order valence-corrected chi connectivity index (χ2v) is 3.26. The summed E-state index contributed by atoms with van der Waals surface area (Å²) in [7, 11) is 0. The summed E-state index contributed by atoms with van der Waals surface area (Å²) in [5.41, 5.74) is 0.418. The van der Waals surface area contributed by atoms with Gasteiger partial charge in [-0.2, -0.15) is 0 Å². The molecule has 0 saturated heterocycles. The Morgan fingerprint density at radius 3 is 2.93 bits per heavy atom. The summed E-state index contributed by atoms with van der Waals surface area (Å²) < 4.78 is 13.3. The molecule has 1 N–H and O–H groups in total. The number of rotatable bonds is 3. The van der Waals surface area contributed by atoms with Crippen molar-refractivity contribution >= 4 is 11.6 Å². The lowest BCUT2D eigenvalue weighted by Crippen LogP contribution is -2.20. The molecule has 0 bridgehead atoms. The van der Waals surface area contributed by atoms with Crippen molar-refractivity contribution in [2.45, 2.75) is 13.0 Å². The van der Waals surface area contributed by atoms with Crippen molar-refractivity contribution in [2.75, 3.05) is 6.54 Å². The minimum Gasteiger partial charge on any atom is -0.300 e. The molecular formula is C11H11ClFN. The van der Waals surface area contributed by atoms with Gasteiger partial charge in [0.25, 0.3) is 0 Å². The zero-order chi connectivity index (χ0) is 10.6. The summed E-state index contributed by atoms with van der Waals surface area (Å²) in [6, 6.07) is 3.95. The van der Waals surface area contributed by atoms with Crippen LogP contribution in [-0.4, -0.2) is 6.54 Å². The summed E-state index contributed by atoms with van der Waals surface area (Å²) >= 11 is 5.75. The zero-order valence-corrected chi connectivity index (χ0v) is 8.61. The van der Waals surface area contributed by atoms with Crippen molar-refractivity contribution in [2.24, 2.45) is 0 Å². The minimum atomic E-state index is -0.418. The van der Waals surface area contributed by atoms with Crippen molar-refractivity contribution in [3.63, 3.8) is 0 Å². The fourth-order valence-electron chi connectivity index (χ4n) is 1.20. The van der Waals surface area contributed by atoms with Crippen LogP contribution in [0.5, 0.6) is 0 Å². The maximum atomic E-state index is 13.3. The van der Waals surface area contributed by atoms with E-state index in [-0.39, 0.29) is 5.82 Å². The van der Waals surface area contributed by atoms with E-state index in [0.717, 1.165) is 0 Å². The molecule has 0 aliphatic carbocycles. The number of terminal acetylenes is 1. The van der Waals surface area contributed by atoms with Crippen LogP contribution in [0.1, 0.15) is 18.5 Å². The van der Waals surface area contributed by atoms with E-state index in [1.807, 2.05) is 6.92 Å². The van der Waals surface area contributed by atoms with E-state index in [9.17, 15) is 4.39 Å². The van der Waals surface area contributed by atoms with Gasteiger partial charge in [-0.25, -0.2) is 4.39 Å². The molecule has 0 spiro atoms. The highest BCUT2D eigenvalue weighted by molar-refractivity contribution is 6.30. The normalized spacial score (nSPS) is 12.1. The van der Waals surface area contributed by atoms with Crippen LogP contribution in [0.25, 0.3) is 0 Å². The molecule has 14 heavy (non-hydrogen) atoms. The fraction of sp³-hybridized carbons (Fsp3) is 0.273. The van der Waals surface area contributed by atoms with E-state index in [4.69, 9.17) is 18.0 Å². The first-order chi connectivity index (χ1) is 6.69. The molecular weight excluding hydrogens is 201 g/mol.